The van der Waals surface area contributed by atoms with Crippen LogP contribution in [0.4, 0.5) is 0 Å². The SMILES string of the molecule is CCCCCCCCCCCCCCCCCOCC(COP(=O)(O)CCN1CCCC1)OC(=O)CC. The van der Waals surface area contributed by atoms with E-state index in [1.165, 1.54) is 83.5 Å². The first-order chi connectivity index (χ1) is 18.0. The Labute approximate surface area is 227 Å². The number of nitrogens with zero attached hydrogens (tertiary/aromatic N) is 1. The zero-order valence-electron chi connectivity index (χ0n) is 24.1. The van der Waals surface area contributed by atoms with E-state index in [9.17, 15) is 14.3 Å². The van der Waals surface area contributed by atoms with Crippen LogP contribution in [0.15, 0.2) is 0 Å². The number of unbranched alkanes of at least 4 members (excludes halogenated alkanes) is 14. The molecule has 37 heavy (non-hydrogen) atoms. The van der Waals surface area contributed by atoms with E-state index >= 15 is 0 Å². The summed E-state index contributed by atoms with van der Waals surface area (Å²) in [7, 11) is -3.72. The van der Waals surface area contributed by atoms with Crippen LogP contribution in [-0.4, -0.2) is 67.5 Å². The van der Waals surface area contributed by atoms with Crippen molar-refractivity contribution < 1.29 is 28.3 Å². The number of carbonyl (C=O) groups excluding carboxylic acids is 1. The summed E-state index contributed by atoms with van der Waals surface area (Å²) in [5.41, 5.74) is 0. The summed E-state index contributed by atoms with van der Waals surface area (Å²) in [6.07, 6.45) is 21.8. The van der Waals surface area contributed by atoms with Crippen molar-refractivity contribution in [3.63, 3.8) is 0 Å². The third-order valence-electron chi connectivity index (χ3n) is 7.14. The fourth-order valence-electron chi connectivity index (χ4n) is 4.71. The maximum Gasteiger partial charge on any atom is 0.329 e. The summed E-state index contributed by atoms with van der Waals surface area (Å²) in [5.74, 6) is -0.353. The Balaban J connectivity index is 2.02. The fraction of sp³-hybridized carbons (Fsp3) is 0.966. The zero-order chi connectivity index (χ0) is 27.0. The van der Waals surface area contributed by atoms with Crippen molar-refractivity contribution in [1.82, 2.24) is 4.90 Å². The van der Waals surface area contributed by atoms with Crippen molar-refractivity contribution in [2.75, 3.05) is 45.6 Å². The monoisotopic (exact) mass is 547 g/mol. The van der Waals surface area contributed by atoms with Crippen LogP contribution in [0.5, 0.6) is 0 Å². The van der Waals surface area contributed by atoms with E-state index in [0.717, 1.165) is 38.8 Å². The molecule has 1 aliphatic heterocycles. The summed E-state index contributed by atoms with van der Waals surface area (Å²) in [4.78, 5) is 24.1. The Morgan fingerprint density at radius 3 is 1.84 bits per heavy atom. The van der Waals surface area contributed by atoms with Gasteiger partial charge in [0.05, 0.1) is 19.4 Å². The molecule has 0 spiro atoms. The van der Waals surface area contributed by atoms with Crippen molar-refractivity contribution in [3.05, 3.63) is 0 Å². The van der Waals surface area contributed by atoms with Crippen LogP contribution in [0.25, 0.3) is 0 Å². The third-order valence-corrected chi connectivity index (χ3v) is 8.46. The molecule has 0 aromatic heterocycles. The van der Waals surface area contributed by atoms with E-state index in [2.05, 4.69) is 11.8 Å². The van der Waals surface area contributed by atoms with E-state index in [4.69, 9.17) is 14.0 Å². The van der Waals surface area contributed by atoms with E-state index < -0.39 is 13.7 Å². The largest absolute Gasteiger partial charge is 0.457 e. The predicted molar refractivity (Wildman–Crippen MR) is 152 cm³/mol. The van der Waals surface area contributed by atoms with Crippen LogP contribution in [0.1, 0.15) is 129 Å². The lowest BCUT2D eigenvalue weighted by Gasteiger charge is -2.21. The van der Waals surface area contributed by atoms with Gasteiger partial charge in [-0.1, -0.05) is 104 Å². The number of rotatable bonds is 26. The van der Waals surface area contributed by atoms with Gasteiger partial charge >= 0.3 is 13.6 Å². The second-order valence-electron chi connectivity index (χ2n) is 10.7. The highest BCUT2D eigenvalue weighted by molar-refractivity contribution is 7.52. The lowest BCUT2D eigenvalue weighted by molar-refractivity contribution is -0.153. The molecular weight excluding hydrogens is 489 g/mol. The number of carbonyl (C=O) groups is 1. The van der Waals surface area contributed by atoms with Crippen LogP contribution in [0.2, 0.25) is 0 Å². The molecule has 2 atom stereocenters. The normalized spacial score (nSPS) is 16.6. The van der Waals surface area contributed by atoms with Crippen LogP contribution in [-0.2, 0) is 23.4 Å². The molecule has 0 saturated carbocycles. The molecule has 1 saturated heterocycles. The molecule has 220 valence electrons. The molecule has 0 radical (unpaired) electrons. The number of esters is 1. The minimum Gasteiger partial charge on any atom is -0.457 e. The average molecular weight is 548 g/mol. The van der Waals surface area contributed by atoms with Crippen molar-refractivity contribution in [2.45, 2.75) is 136 Å². The van der Waals surface area contributed by atoms with Gasteiger partial charge in [0.2, 0.25) is 0 Å². The predicted octanol–water partition coefficient (Wildman–Crippen LogP) is 7.49. The van der Waals surface area contributed by atoms with Gasteiger partial charge in [-0.15, -0.1) is 0 Å². The van der Waals surface area contributed by atoms with Gasteiger partial charge in [-0.3, -0.25) is 9.36 Å². The second-order valence-corrected chi connectivity index (χ2v) is 12.7. The van der Waals surface area contributed by atoms with Crippen molar-refractivity contribution in [2.24, 2.45) is 0 Å². The first kappa shape index (κ1) is 34.6. The van der Waals surface area contributed by atoms with Crippen LogP contribution in [0, 0.1) is 0 Å². The average Bonchev–Trinajstić information content (AvgIpc) is 3.41. The minimum atomic E-state index is -3.72. The van der Waals surface area contributed by atoms with Gasteiger partial charge < -0.3 is 23.8 Å². The highest BCUT2D eigenvalue weighted by Gasteiger charge is 2.25. The van der Waals surface area contributed by atoms with Gasteiger partial charge in [-0.05, 0) is 32.4 Å². The summed E-state index contributed by atoms with van der Waals surface area (Å²) in [5, 5.41) is 0. The summed E-state index contributed by atoms with van der Waals surface area (Å²) in [6.45, 7) is 7.19. The van der Waals surface area contributed by atoms with Crippen molar-refractivity contribution in [1.29, 1.82) is 0 Å². The quantitative estimate of drug-likeness (QED) is 0.0682. The minimum absolute atomic E-state index is 0.0986. The van der Waals surface area contributed by atoms with E-state index in [1.807, 2.05) is 0 Å². The van der Waals surface area contributed by atoms with Crippen LogP contribution in [0.3, 0.4) is 0 Å². The number of hydrogen-bond acceptors (Lipinski definition) is 6. The maximum absolute atomic E-state index is 12.4. The van der Waals surface area contributed by atoms with E-state index in [0.29, 0.717) is 13.2 Å². The molecule has 7 nitrogen and oxygen atoms in total. The van der Waals surface area contributed by atoms with Gasteiger partial charge in [0.1, 0.15) is 6.10 Å². The molecule has 0 aromatic rings. The fourth-order valence-corrected chi connectivity index (χ4v) is 5.78. The van der Waals surface area contributed by atoms with Gasteiger partial charge in [0, 0.05) is 19.6 Å². The molecular formula is C29H58NO6P. The molecule has 8 heteroatoms. The molecule has 0 amide bonds. The molecule has 1 heterocycles. The molecule has 0 bridgehead atoms. The lowest BCUT2D eigenvalue weighted by Crippen LogP contribution is -2.29. The number of ether oxygens (including phenoxy) is 2. The molecule has 0 aromatic carbocycles. The second kappa shape index (κ2) is 23.4. The van der Waals surface area contributed by atoms with Crippen LogP contribution < -0.4 is 0 Å². The molecule has 1 aliphatic rings. The summed E-state index contributed by atoms with van der Waals surface area (Å²) < 4.78 is 28.8. The summed E-state index contributed by atoms with van der Waals surface area (Å²) >= 11 is 0. The first-order valence-electron chi connectivity index (χ1n) is 15.4. The highest BCUT2D eigenvalue weighted by atomic mass is 31.2. The van der Waals surface area contributed by atoms with E-state index in [-0.39, 0.29) is 31.8 Å². The Bertz CT molecular complexity index is 585. The standard InChI is InChI=1S/C29H58NO6P/c1-3-5-6-7-8-9-10-11-12-13-14-15-16-17-20-24-34-26-28(36-29(31)4-2)27-35-37(32,33)25-23-30-21-18-19-22-30/h28H,3-27H2,1-2H3,(H,32,33). The Kier molecular flexibility index (Phi) is 21.9. The van der Waals surface area contributed by atoms with Crippen molar-refractivity contribution >= 4 is 13.6 Å². The zero-order valence-corrected chi connectivity index (χ0v) is 25.0. The molecule has 1 N–H and O–H groups in total. The van der Waals surface area contributed by atoms with Gasteiger partial charge in [0.25, 0.3) is 0 Å². The Morgan fingerprint density at radius 1 is 0.811 bits per heavy atom. The lowest BCUT2D eigenvalue weighted by atomic mass is 10.0. The van der Waals surface area contributed by atoms with Gasteiger partial charge in [-0.2, -0.15) is 0 Å². The first-order valence-corrected chi connectivity index (χ1v) is 17.2. The van der Waals surface area contributed by atoms with Gasteiger partial charge in [-0.25, -0.2) is 0 Å². The molecule has 2 unspecified atom stereocenters. The van der Waals surface area contributed by atoms with Crippen LogP contribution >= 0.6 is 7.60 Å². The molecule has 1 rings (SSSR count). The van der Waals surface area contributed by atoms with E-state index in [1.54, 1.807) is 6.92 Å². The Hall–Kier alpha value is -0.460. The molecule has 1 fully saturated rings. The third kappa shape index (κ3) is 21.1. The number of hydrogen-bond donors (Lipinski definition) is 1. The summed E-state index contributed by atoms with van der Waals surface area (Å²) in [6, 6.07) is 0. The number of likely N-dealkylation sites (tertiary alicyclic amines) is 1. The topological polar surface area (TPSA) is 85.3 Å². The van der Waals surface area contributed by atoms with Gasteiger partial charge in [0.15, 0.2) is 0 Å². The molecule has 0 aliphatic carbocycles. The Morgan fingerprint density at radius 2 is 1.32 bits per heavy atom. The maximum atomic E-state index is 12.4. The smallest absolute Gasteiger partial charge is 0.329 e. The highest BCUT2D eigenvalue weighted by Crippen LogP contribution is 2.42. The van der Waals surface area contributed by atoms with Crippen molar-refractivity contribution in [3.8, 4) is 0 Å².